The van der Waals surface area contributed by atoms with Gasteiger partial charge in [0.25, 0.3) is 0 Å². The van der Waals surface area contributed by atoms with Crippen LogP contribution in [0.5, 0.6) is 0 Å². The highest BCUT2D eigenvalue weighted by atomic mass is 32.1. The van der Waals surface area contributed by atoms with Crippen molar-refractivity contribution in [3.8, 4) is 10.7 Å². The van der Waals surface area contributed by atoms with Gasteiger partial charge >= 0.3 is 0 Å². The van der Waals surface area contributed by atoms with Crippen LogP contribution in [0, 0.1) is 6.92 Å². The molecule has 3 heterocycles. The second kappa shape index (κ2) is 5.22. The summed E-state index contributed by atoms with van der Waals surface area (Å²) < 4.78 is 0. The number of rotatable bonds is 3. The first-order valence-electron chi connectivity index (χ1n) is 6.36. The van der Waals surface area contributed by atoms with Gasteiger partial charge in [0, 0.05) is 43.8 Å². The van der Waals surface area contributed by atoms with Gasteiger partial charge < -0.3 is 10.3 Å². The number of nitrogens with zero attached hydrogens (tertiary/aromatic N) is 2. The zero-order chi connectivity index (χ0) is 12.4. The lowest BCUT2D eigenvalue weighted by Gasteiger charge is -2.26. The van der Waals surface area contributed by atoms with Crippen molar-refractivity contribution < 1.29 is 0 Å². The van der Waals surface area contributed by atoms with Gasteiger partial charge in [-0.05, 0) is 19.1 Å². The number of aryl methyl sites for hydroxylation is 1. The number of nitrogens with one attached hydrogen (secondary N) is 2. The lowest BCUT2D eigenvalue weighted by atomic mass is 10.3. The molecule has 0 bridgehead atoms. The van der Waals surface area contributed by atoms with E-state index >= 15 is 0 Å². The van der Waals surface area contributed by atoms with Gasteiger partial charge in [-0.15, -0.1) is 11.3 Å². The second-order valence-corrected chi connectivity index (χ2v) is 5.72. The van der Waals surface area contributed by atoms with Crippen molar-refractivity contribution in [2.24, 2.45) is 0 Å². The number of piperazine rings is 1. The predicted octanol–water partition coefficient (Wildman–Crippen LogP) is 1.85. The van der Waals surface area contributed by atoms with Crippen LogP contribution in [0.15, 0.2) is 18.3 Å². The number of hydrogen-bond donors (Lipinski definition) is 2. The molecular weight excluding hydrogens is 244 g/mol. The van der Waals surface area contributed by atoms with Gasteiger partial charge in [0.05, 0.1) is 11.4 Å². The minimum absolute atomic E-state index is 1.03. The maximum atomic E-state index is 4.66. The first kappa shape index (κ1) is 11.9. The van der Waals surface area contributed by atoms with Gasteiger partial charge in [-0.25, -0.2) is 4.98 Å². The van der Waals surface area contributed by atoms with Crippen molar-refractivity contribution in [1.29, 1.82) is 0 Å². The average molecular weight is 262 g/mol. The van der Waals surface area contributed by atoms with E-state index in [9.17, 15) is 0 Å². The molecule has 2 N–H and O–H groups in total. The number of H-pyrrole nitrogens is 1. The summed E-state index contributed by atoms with van der Waals surface area (Å²) in [5.41, 5.74) is 2.29. The molecule has 96 valence electrons. The molecule has 0 unspecified atom stereocenters. The average Bonchev–Trinajstić information content (AvgIpc) is 3.01. The summed E-state index contributed by atoms with van der Waals surface area (Å²) in [6.45, 7) is 7.61. The number of thiazole rings is 1. The number of hydrogen-bond acceptors (Lipinski definition) is 4. The van der Waals surface area contributed by atoms with Gasteiger partial charge in [-0.2, -0.15) is 0 Å². The van der Waals surface area contributed by atoms with E-state index in [0.717, 1.165) is 43.4 Å². The fourth-order valence-electron chi connectivity index (χ4n) is 2.23. The summed E-state index contributed by atoms with van der Waals surface area (Å²) in [5, 5.41) is 4.48. The number of aromatic nitrogens is 2. The Kier molecular flexibility index (Phi) is 3.45. The molecule has 3 rings (SSSR count). The summed E-state index contributed by atoms with van der Waals surface area (Å²) in [5.74, 6) is 0. The normalized spacial score (nSPS) is 17.2. The van der Waals surface area contributed by atoms with Crippen LogP contribution in [-0.2, 0) is 6.54 Å². The molecule has 1 aliphatic heterocycles. The predicted molar refractivity (Wildman–Crippen MR) is 74.8 cm³/mol. The highest BCUT2D eigenvalue weighted by molar-refractivity contribution is 7.15. The Morgan fingerprint density at radius 1 is 1.39 bits per heavy atom. The van der Waals surface area contributed by atoms with Crippen LogP contribution in [0.1, 0.15) is 10.6 Å². The lowest BCUT2D eigenvalue weighted by molar-refractivity contribution is 0.234. The van der Waals surface area contributed by atoms with Crippen molar-refractivity contribution in [3.05, 3.63) is 28.9 Å². The third kappa shape index (κ3) is 2.48. The quantitative estimate of drug-likeness (QED) is 0.887. The van der Waals surface area contributed by atoms with Crippen molar-refractivity contribution in [3.63, 3.8) is 0 Å². The van der Waals surface area contributed by atoms with E-state index in [2.05, 4.69) is 33.2 Å². The van der Waals surface area contributed by atoms with Crippen molar-refractivity contribution in [2.75, 3.05) is 26.2 Å². The zero-order valence-corrected chi connectivity index (χ0v) is 11.4. The second-order valence-electron chi connectivity index (χ2n) is 4.64. The maximum absolute atomic E-state index is 4.66. The summed E-state index contributed by atoms with van der Waals surface area (Å²) in [6, 6.07) is 4.09. The molecule has 18 heavy (non-hydrogen) atoms. The molecule has 0 spiro atoms. The summed E-state index contributed by atoms with van der Waals surface area (Å²) >= 11 is 1.81. The fraction of sp³-hybridized carbons (Fsp3) is 0.462. The third-order valence-electron chi connectivity index (χ3n) is 3.30. The molecular formula is C13H18N4S. The lowest BCUT2D eigenvalue weighted by Crippen LogP contribution is -2.42. The smallest absolute Gasteiger partial charge is 0.140 e. The molecule has 2 aromatic heterocycles. The van der Waals surface area contributed by atoms with Crippen LogP contribution in [0.4, 0.5) is 0 Å². The summed E-state index contributed by atoms with van der Waals surface area (Å²) in [7, 11) is 0. The minimum atomic E-state index is 1.03. The van der Waals surface area contributed by atoms with Crippen molar-refractivity contribution >= 4 is 11.3 Å². The standard InChI is InChI=1S/C13H18N4S/c1-10-12(9-17-7-5-14-6-8-17)18-13(16-10)11-3-2-4-15-11/h2-4,14-15H,5-9H2,1H3. The van der Waals surface area contributed by atoms with E-state index in [-0.39, 0.29) is 0 Å². The fourth-order valence-corrected chi connectivity index (χ4v) is 3.32. The monoisotopic (exact) mass is 262 g/mol. The molecule has 4 nitrogen and oxygen atoms in total. The minimum Gasteiger partial charge on any atom is -0.359 e. The van der Waals surface area contributed by atoms with Gasteiger partial charge in [0.2, 0.25) is 0 Å². The molecule has 0 aromatic carbocycles. The van der Waals surface area contributed by atoms with Crippen LogP contribution in [0.3, 0.4) is 0 Å². The van der Waals surface area contributed by atoms with E-state index in [4.69, 9.17) is 0 Å². The topological polar surface area (TPSA) is 44.0 Å². The summed E-state index contributed by atoms with van der Waals surface area (Å²) in [6.07, 6.45) is 1.95. The van der Waals surface area contributed by atoms with Crippen LogP contribution in [0.25, 0.3) is 10.7 Å². The molecule has 1 fully saturated rings. The highest BCUT2D eigenvalue weighted by Gasteiger charge is 2.15. The van der Waals surface area contributed by atoms with Crippen molar-refractivity contribution in [1.82, 2.24) is 20.2 Å². The van der Waals surface area contributed by atoms with Crippen LogP contribution < -0.4 is 5.32 Å². The van der Waals surface area contributed by atoms with Gasteiger partial charge in [0.1, 0.15) is 5.01 Å². The molecule has 0 aliphatic carbocycles. The Balaban J connectivity index is 1.76. The molecule has 0 amide bonds. The van der Waals surface area contributed by atoms with E-state index in [1.165, 1.54) is 10.6 Å². The first-order chi connectivity index (χ1) is 8.83. The molecule has 1 saturated heterocycles. The Morgan fingerprint density at radius 2 is 2.22 bits per heavy atom. The Bertz CT molecular complexity index is 497. The zero-order valence-electron chi connectivity index (χ0n) is 10.6. The maximum Gasteiger partial charge on any atom is 0.140 e. The van der Waals surface area contributed by atoms with Gasteiger partial charge in [-0.3, -0.25) is 4.90 Å². The van der Waals surface area contributed by atoms with Crippen LogP contribution >= 0.6 is 11.3 Å². The molecule has 5 heteroatoms. The van der Waals surface area contributed by atoms with E-state index in [1.807, 2.05) is 12.3 Å². The van der Waals surface area contributed by atoms with Crippen molar-refractivity contribution in [2.45, 2.75) is 13.5 Å². The molecule has 2 aromatic rings. The Hall–Kier alpha value is -1.17. The molecule has 0 atom stereocenters. The van der Waals surface area contributed by atoms with Gasteiger partial charge in [-0.1, -0.05) is 0 Å². The van der Waals surface area contributed by atoms with Gasteiger partial charge in [0.15, 0.2) is 0 Å². The van der Waals surface area contributed by atoms with E-state index < -0.39 is 0 Å². The Morgan fingerprint density at radius 3 is 2.94 bits per heavy atom. The van der Waals surface area contributed by atoms with E-state index in [1.54, 1.807) is 11.3 Å². The molecule has 0 radical (unpaired) electrons. The number of aromatic amines is 1. The largest absolute Gasteiger partial charge is 0.359 e. The molecule has 1 aliphatic rings. The molecule has 0 saturated carbocycles. The first-order valence-corrected chi connectivity index (χ1v) is 7.18. The van der Waals surface area contributed by atoms with Crippen LogP contribution in [0.2, 0.25) is 0 Å². The SMILES string of the molecule is Cc1nc(-c2ccc[nH]2)sc1CN1CCNCC1. The van der Waals surface area contributed by atoms with E-state index in [0.29, 0.717) is 0 Å². The summed E-state index contributed by atoms with van der Waals surface area (Å²) in [4.78, 5) is 11.8. The van der Waals surface area contributed by atoms with Crippen LogP contribution in [-0.4, -0.2) is 41.0 Å². The third-order valence-corrected chi connectivity index (χ3v) is 4.47. The highest BCUT2D eigenvalue weighted by Crippen LogP contribution is 2.27. The Labute approximate surface area is 111 Å².